The summed E-state index contributed by atoms with van der Waals surface area (Å²) < 4.78 is 16.2. The van der Waals surface area contributed by atoms with Crippen LogP contribution in [-0.2, 0) is 14.3 Å². The number of amides is 2. The van der Waals surface area contributed by atoms with Gasteiger partial charge in [-0.1, -0.05) is 6.07 Å². The van der Waals surface area contributed by atoms with Crippen molar-refractivity contribution in [2.24, 2.45) is 0 Å². The van der Waals surface area contributed by atoms with Gasteiger partial charge in [-0.3, -0.25) is 9.69 Å². The van der Waals surface area contributed by atoms with Crippen molar-refractivity contribution < 1.29 is 23.8 Å². The number of benzene rings is 1. The summed E-state index contributed by atoms with van der Waals surface area (Å²) in [6.45, 7) is 10.8. The molecule has 1 fully saturated rings. The highest BCUT2D eigenvalue weighted by Crippen LogP contribution is 2.29. The summed E-state index contributed by atoms with van der Waals surface area (Å²) in [5.41, 5.74) is -0.418. The highest BCUT2D eigenvalue weighted by Gasteiger charge is 2.42. The van der Waals surface area contributed by atoms with Crippen molar-refractivity contribution in [3.63, 3.8) is 0 Å². The first-order valence-corrected chi connectivity index (χ1v) is 9.56. The normalized spacial score (nSPS) is 16.9. The van der Waals surface area contributed by atoms with E-state index in [1.165, 1.54) is 4.90 Å². The zero-order valence-electron chi connectivity index (χ0n) is 17.8. The van der Waals surface area contributed by atoms with Gasteiger partial charge in [0.05, 0.1) is 12.1 Å². The van der Waals surface area contributed by atoms with E-state index in [-0.39, 0.29) is 12.5 Å². The molecule has 0 aliphatic carbocycles. The minimum Gasteiger partial charge on any atom is -0.493 e. The second kappa shape index (κ2) is 8.82. The van der Waals surface area contributed by atoms with Gasteiger partial charge in [-0.15, -0.1) is 0 Å². The molecule has 28 heavy (non-hydrogen) atoms. The van der Waals surface area contributed by atoms with Crippen LogP contribution in [0.5, 0.6) is 5.75 Å². The van der Waals surface area contributed by atoms with Crippen LogP contribution >= 0.6 is 0 Å². The van der Waals surface area contributed by atoms with E-state index in [1.807, 2.05) is 58.9 Å². The quantitative estimate of drug-likeness (QED) is 0.694. The molecule has 2 amide bonds. The lowest BCUT2D eigenvalue weighted by Gasteiger charge is -2.46. The fourth-order valence-electron chi connectivity index (χ4n) is 2.99. The highest BCUT2D eigenvalue weighted by molar-refractivity contribution is 5.98. The molecule has 1 saturated heterocycles. The maximum Gasteiger partial charge on any atom is 0.411 e. The zero-order valence-corrected chi connectivity index (χ0v) is 17.8. The molecule has 0 saturated carbocycles. The fraction of sp³-hybridized carbons (Fsp3) is 0.619. The third-order valence-corrected chi connectivity index (χ3v) is 4.37. The Morgan fingerprint density at radius 2 is 1.93 bits per heavy atom. The number of carbonyl (C=O) groups excluding carboxylic acids is 2. The lowest BCUT2D eigenvalue weighted by Crippen LogP contribution is -2.64. The zero-order chi connectivity index (χ0) is 20.9. The number of carbonyl (C=O) groups is 2. The summed E-state index contributed by atoms with van der Waals surface area (Å²) in [6.07, 6.45) is 0.321. The third-order valence-electron chi connectivity index (χ3n) is 4.37. The number of ether oxygens (including phenoxy) is 3. The number of methoxy groups -OCH3 is 1. The van der Waals surface area contributed by atoms with Crippen molar-refractivity contribution in [3.8, 4) is 5.75 Å². The minimum atomic E-state index is -0.609. The number of rotatable bonds is 6. The van der Waals surface area contributed by atoms with Crippen LogP contribution in [0.1, 0.15) is 41.0 Å². The van der Waals surface area contributed by atoms with E-state index in [9.17, 15) is 9.59 Å². The van der Waals surface area contributed by atoms with Gasteiger partial charge in [0.15, 0.2) is 0 Å². The Balaban J connectivity index is 2.11. The molecule has 0 radical (unpaired) electrons. The fourth-order valence-corrected chi connectivity index (χ4v) is 2.99. The topological polar surface area (TPSA) is 68.3 Å². The molecule has 0 spiro atoms. The van der Waals surface area contributed by atoms with Crippen molar-refractivity contribution >= 4 is 17.7 Å². The van der Waals surface area contributed by atoms with Gasteiger partial charge in [-0.25, -0.2) is 4.79 Å². The smallest absolute Gasteiger partial charge is 0.411 e. The van der Waals surface area contributed by atoms with E-state index in [0.29, 0.717) is 25.5 Å². The van der Waals surface area contributed by atoms with Crippen LogP contribution < -0.4 is 9.64 Å². The molecule has 0 atom stereocenters. The molecular weight excluding hydrogens is 360 g/mol. The molecule has 1 heterocycles. The second-order valence-electron chi connectivity index (χ2n) is 8.55. The van der Waals surface area contributed by atoms with Gasteiger partial charge in [-0.05, 0) is 46.8 Å². The maximum absolute atomic E-state index is 12.8. The largest absolute Gasteiger partial charge is 0.493 e. The van der Waals surface area contributed by atoms with Crippen molar-refractivity contribution in [3.05, 3.63) is 24.3 Å². The Morgan fingerprint density at radius 3 is 2.57 bits per heavy atom. The molecule has 156 valence electrons. The van der Waals surface area contributed by atoms with E-state index >= 15 is 0 Å². The summed E-state index contributed by atoms with van der Waals surface area (Å²) in [6, 6.07) is 7.45. The molecule has 1 aromatic rings. The van der Waals surface area contributed by atoms with Crippen molar-refractivity contribution in [2.45, 2.75) is 52.2 Å². The first-order chi connectivity index (χ1) is 13.0. The number of hydrogen-bond acceptors (Lipinski definition) is 5. The predicted octanol–water partition coefficient (Wildman–Crippen LogP) is 3.46. The molecule has 2 rings (SSSR count). The highest BCUT2D eigenvalue weighted by atomic mass is 16.6. The Labute approximate surface area is 167 Å². The molecule has 0 bridgehead atoms. The monoisotopic (exact) mass is 392 g/mol. The van der Waals surface area contributed by atoms with E-state index in [0.717, 1.165) is 12.1 Å². The number of hydrogen-bond donors (Lipinski definition) is 0. The maximum atomic E-state index is 12.8. The van der Waals surface area contributed by atoms with Crippen LogP contribution in [-0.4, -0.2) is 61.5 Å². The predicted molar refractivity (Wildman–Crippen MR) is 108 cm³/mol. The van der Waals surface area contributed by atoms with Crippen molar-refractivity contribution in [2.75, 3.05) is 38.3 Å². The van der Waals surface area contributed by atoms with Gasteiger partial charge in [-0.2, -0.15) is 0 Å². The van der Waals surface area contributed by atoms with Crippen LogP contribution in [0.4, 0.5) is 10.5 Å². The Bertz CT molecular complexity index is 696. The average molecular weight is 392 g/mol. The summed E-state index contributed by atoms with van der Waals surface area (Å²) in [7, 11) is 1.66. The van der Waals surface area contributed by atoms with Crippen LogP contribution in [0.3, 0.4) is 0 Å². The van der Waals surface area contributed by atoms with E-state index in [4.69, 9.17) is 14.2 Å². The van der Waals surface area contributed by atoms with E-state index < -0.39 is 17.2 Å². The molecule has 0 unspecified atom stereocenters. The lowest BCUT2D eigenvalue weighted by molar-refractivity contribution is -0.124. The number of nitrogens with zero attached hydrogens (tertiary/aromatic N) is 2. The molecule has 0 aromatic heterocycles. The second-order valence-corrected chi connectivity index (χ2v) is 8.55. The molecule has 7 nitrogen and oxygen atoms in total. The molecule has 0 N–H and O–H groups in total. The summed E-state index contributed by atoms with van der Waals surface area (Å²) in [5.74, 6) is 0.551. The Morgan fingerprint density at radius 1 is 1.21 bits per heavy atom. The first-order valence-electron chi connectivity index (χ1n) is 9.56. The third kappa shape index (κ3) is 5.86. The minimum absolute atomic E-state index is 0.0269. The summed E-state index contributed by atoms with van der Waals surface area (Å²) >= 11 is 0. The molecule has 1 aromatic carbocycles. The molecule has 1 aliphatic rings. The van der Waals surface area contributed by atoms with Gasteiger partial charge in [0.2, 0.25) is 5.91 Å². The summed E-state index contributed by atoms with van der Waals surface area (Å²) in [5, 5.41) is 0. The Hall–Kier alpha value is -2.28. The van der Waals surface area contributed by atoms with Crippen LogP contribution in [0.25, 0.3) is 0 Å². The van der Waals surface area contributed by atoms with Gasteiger partial charge >= 0.3 is 6.09 Å². The molecular formula is C21H32N2O5. The first kappa shape index (κ1) is 22.0. The number of anilines is 1. The van der Waals surface area contributed by atoms with Crippen molar-refractivity contribution in [1.82, 2.24) is 4.90 Å². The van der Waals surface area contributed by atoms with Gasteiger partial charge < -0.3 is 19.1 Å². The van der Waals surface area contributed by atoms with Gasteiger partial charge in [0, 0.05) is 38.4 Å². The SMILES string of the molecule is COCCCOc1cccc(N2CC(C)(C)N(C(=O)OC(C)(C)C)CC2=O)c1. The van der Waals surface area contributed by atoms with Crippen molar-refractivity contribution in [1.29, 1.82) is 0 Å². The standard InChI is InChI=1S/C21H32N2O5/c1-20(2,3)28-19(25)23-14-18(24)22(15-21(23,4)5)16-9-7-10-17(13-16)27-12-8-11-26-6/h7,9-10,13H,8,11-12,14-15H2,1-6H3. The van der Waals surface area contributed by atoms with Crippen LogP contribution in [0, 0.1) is 0 Å². The Kier molecular flexibility index (Phi) is 6.93. The average Bonchev–Trinajstić information content (AvgIpc) is 2.59. The molecule has 7 heteroatoms. The van der Waals surface area contributed by atoms with Gasteiger partial charge in [0.25, 0.3) is 0 Å². The number of piperazine rings is 1. The van der Waals surface area contributed by atoms with E-state index in [1.54, 1.807) is 12.0 Å². The molecule has 1 aliphatic heterocycles. The van der Waals surface area contributed by atoms with Crippen LogP contribution in [0.2, 0.25) is 0 Å². The van der Waals surface area contributed by atoms with E-state index in [2.05, 4.69) is 0 Å². The van der Waals surface area contributed by atoms with Gasteiger partial charge in [0.1, 0.15) is 17.9 Å². The van der Waals surface area contributed by atoms with Crippen LogP contribution in [0.15, 0.2) is 24.3 Å². The summed E-state index contributed by atoms with van der Waals surface area (Å²) in [4.78, 5) is 28.5. The lowest BCUT2D eigenvalue weighted by atomic mass is 9.98.